The highest BCUT2D eigenvalue weighted by Gasteiger charge is 2.26. The predicted molar refractivity (Wildman–Crippen MR) is 120 cm³/mol. The Balaban J connectivity index is 2.16. The summed E-state index contributed by atoms with van der Waals surface area (Å²) in [5.74, 6) is -0.0885. The zero-order valence-electron chi connectivity index (χ0n) is 19.3. The van der Waals surface area contributed by atoms with E-state index in [9.17, 15) is 14.4 Å². The number of benzene rings is 2. The first-order chi connectivity index (χ1) is 14.2. The summed E-state index contributed by atoms with van der Waals surface area (Å²) in [6, 6.07) is 6.89. The van der Waals surface area contributed by atoms with E-state index in [1.165, 1.54) is 0 Å². The minimum atomic E-state index is -0.673. The minimum absolute atomic E-state index is 0.325. The fourth-order valence-electron chi connectivity index (χ4n) is 3.07. The van der Waals surface area contributed by atoms with Crippen LogP contribution in [-0.2, 0) is 9.59 Å². The highest BCUT2D eigenvalue weighted by molar-refractivity contribution is 6.07. The Morgan fingerprint density at radius 1 is 0.742 bits per heavy atom. The Labute approximate surface area is 181 Å². The van der Waals surface area contributed by atoms with E-state index in [0.29, 0.717) is 44.4 Å². The van der Waals surface area contributed by atoms with Gasteiger partial charge in [0, 0.05) is 21.9 Å². The summed E-state index contributed by atoms with van der Waals surface area (Å²) < 4.78 is 16.7. The molecule has 1 aromatic heterocycles. The van der Waals surface area contributed by atoms with Gasteiger partial charge in [-0.1, -0.05) is 0 Å². The first-order valence-corrected chi connectivity index (χ1v) is 10.2. The topological polar surface area (TPSA) is 82.8 Å². The van der Waals surface area contributed by atoms with Gasteiger partial charge in [0.15, 0.2) is 0 Å². The van der Waals surface area contributed by atoms with Crippen molar-refractivity contribution in [2.45, 2.75) is 55.4 Å². The normalized spacial score (nSPS) is 12.3. The molecule has 0 atom stereocenters. The smallest absolute Gasteiger partial charge is 0.344 e. The number of hydrogen-bond acceptors (Lipinski definition) is 6. The molecule has 31 heavy (non-hydrogen) atoms. The van der Waals surface area contributed by atoms with E-state index in [-0.39, 0.29) is 11.9 Å². The van der Waals surface area contributed by atoms with E-state index in [2.05, 4.69) is 0 Å². The Hall–Kier alpha value is -3.15. The molecule has 3 rings (SSSR count). The molecule has 164 valence electrons. The molecule has 0 aliphatic carbocycles. The summed E-state index contributed by atoms with van der Waals surface area (Å²) in [6.45, 7) is 14.1. The maximum Gasteiger partial charge on any atom is 0.344 e. The van der Waals surface area contributed by atoms with Crippen LogP contribution in [0.1, 0.15) is 52.7 Å². The molecule has 0 N–H and O–H groups in total. The van der Waals surface area contributed by atoms with Crippen molar-refractivity contribution >= 4 is 33.7 Å². The highest BCUT2D eigenvalue weighted by Crippen LogP contribution is 2.35. The van der Waals surface area contributed by atoms with Gasteiger partial charge in [-0.25, -0.2) is 4.79 Å². The van der Waals surface area contributed by atoms with Gasteiger partial charge in [0.05, 0.1) is 16.2 Å². The van der Waals surface area contributed by atoms with Crippen LogP contribution >= 0.6 is 0 Å². The summed E-state index contributed by atoms with van der Waals surface area (Å²) >= 11 is 0. The first-order valence-electron chi connectivity index (χ1n) is 10.2. The number of carbonyl (C=O) groups is 2. The molecule has 0 unspecified atom stereocenters. The molecule has 0 aliphatic rings. The lowest BCUT2D eigenvalue weighted by Crippen LogP contribution is -2.26. The molecule has 1 heterocycles. The zero-order valence-corrected chi connectivity index (χ0v) is 19.3. The van der Waals surface area contributed by atoms with Crippen molar-refractivity contribution in [2.75, 3.05) is 0 Å². The van der Waals surface area contributed by atoms with Crippen LogP contribution in [0.4, 0.5) is 0 Å². The van der Waals surface area contributed by atoms with Crippen molar-refractivity contribution in [1.82, 2.24) is 0 Å². The van der Waals surface area contributed by atoms with Crippen molar-refractivity contribution in [3.8, 4) is 11.5 Å². The summed E-state index contributed by atoms with van der Waals surface area (Å²) in [5.41, 5.74) is -0.426. The van der Waals surface area contributed by atoms with E-state index >= 15 is 0 Å². The quantitative estimate of drug-likeness (QED) is 0.235. The molecular weight excluding hydrogens is 396 g/mol. The molecule has 2 aromatic carbocycles. The number of hydrogen-bond donors (Lipinski definition) is 0. The summed E-state index contributed by atoms with van der Waals surface area (Å²) in [5, 5.41) is 1.74. The van der Waals surface area contributed by atoms with Gasteiger partial charge < -0.3 is 13.9 Å². The van der Waals surface area contributed by atoms with Crippen LogP contribution in [0.5, 0.6) is 11.5 Å². The Morgan fingerprint density at radius 2 is 1.19 bits per heavy atom. The molecule has 0 radical (unpaired) electrons. The van der Waals surface area contributed by atoms with Gasteiger partial charge >= 0.3 is 17.6 Å². The predicted octanol–water partition coefficient (Wildman–Crippen LogP) is 5.47. The van der Waals surface area contributed by atoms with Crippen LogP contribution in [0.3, 0.4) is 0 Å². The second-order valence-corrected chi connectivity index (χ2v) is 9.85. The third-order valence-corrected chi connectivity index (χ3v) is 5.09. The van der Waals surface area contributed by atoms with Crippen LogP contribution in [-0.4, -0.2) is 11.9 Å². The molecule has 0 saturated heterocycles. The molecule has 3 aromatic rings. The molecule has 0 aliphatic heterocycles. The zero-order chi connectivity index (χ0) is 23.3. The molecule has 0 amide bonds. The second kappa shape index (κ2) is 7.52. The standard InChI is InChI=1S/C25H28O6/c1-13-17(29-22(27)24(3,4)5)11-9-15-16-10-12-18(30-23(28)25(6,7)8)14(2)20(16)31-21(26)19(13)15/h9-12H,1-8H3. The number of aryl methyl sites for hydroxylation is 2. The summed E-state index contributed by atoms with van der Waals surface area (Å²) in [4.78, 5) is 37.5. The monoisotopic (exact) mass is 424 g/mol. The molecular formula is C25H28O6. The number of rotatable bonds is 2. The highest BCUT2D eigenvalue weighted by atomic mass is 16.5. The van der Waals surface area contributed by atoms with Crippen molar-refractivity contribution in [1.29, 1.82) is 0 Å². The van der Waals surface area contributed by atoms with E-state index in [4.69, 9.17) is 13.9 Å². The molecule has 6 nitrogen and oxygen atoms in total. The van der Waals surface area contributed by atoms with Crippen molar-refractivity contribution in [2.24, 2.45) is 10.8 Å². The maximum atomic E-state index is 12.9. The fourth-order valence-corrected chi connectivity index (χ4v) is 3.07. The van der Waals surface area contributed by atoms with Gasteiger partial charge in [0.25, 0.3) is 0 Å². The Kier molecular flexibility index (Phi) is 5.47. The van der Waals surface area contributed by atoms with E-state index in [0.717, 1.165) is 0 Å². The molecule has 0 fully saturated rings. The van der Waals surface area contributed by atoms with Crippen LogP contribution < -0.4 is 15.1 Å². The first kappa shape index (κ1) is 22.5. The van der Waals surface area contributed by atoms with Gasteiger partial charge in [0.2, 0.25) is 0 Å². The van der Waals surface area contributed by atoms with E-state index in [1.807, 2.05) is 0 Å². The largest absolute Gasteiger partial charge is 0.426 e. The SMILES string of the molecule is Cc1c(OC(=O)C(C)(C)C)ccc2c1oc(=O)c1c(C)c(OC(=O)C(C)(C)C)ccc12. The lowest BCUT2D eigenvalue weighted by molar-refractivity contribution is -0.143. The fraction of sp³-hybridized carbons (Fsp3) is 0.400. The lowest BCUT2D eigenvalue weighted by Gasteiger charge is -2.19. The molecule has 6 heteroatoms. The van der Waals surface area contributed by atoms with E-state index in [1.54, 1.807) is 79.7 Å². The molecule has 0 bridgehead atoms. The van der Waals surface area contributed by atoms with Crippen LogP contribution in [0.15, 0.2) is 33.5 Å². The van der Waals surface area contributed by atoms with Crippen molar-refractivity contribution < 1.29 is 23.5 Å². The lowest BCUT2D eigenvalue weighted by atomic mass is 9.97. The van der Waals surface area contributed by atoms with Gasteiger partial charge in [-0.05, 0) is 79.7 Å². The van der Waals surface area contributed by atoms with Crippen LogP contribution in [0.25, 0.3) is 21.7 Å². The number of carbonyl (C=O) groups excluding carboxylic acids is 2. The van der Waals surface area contributed by atoms with Crippen LogP contribution in [0.2, 0.25) is 0 Å². The number of fused-ring (bicyclic) bond motifs is 3. The summed E-state index contributed by atoms with van der Waals surface area (Å²) in [7, 11) is 0. The number of esters is 2. The average Bonchev–Trinajstić information content (AvgIpc) is 2.64. The third kappa shape index (κ3) is 4.20. The van der Waals surface area contributed by atoms with Gasteiger partial charge in [-0.3, -0.25) is 9.59 Å². The number of ether oxygens (including phenoxy) is 2. The third-order valence-electron chi connectivity index (χ3n) is 5.09. The van der Waals surface area contributed by atoms with Gasteiger partial charge in [0.1, 0.15) is 17.1 Å². The minimum Gasteiger partial charge on any atom is -0.426 e. The van der Waals surface area contributed by atoms with Gasteiger partial charge in [-0.15, -0.1) is 0 Å². The van der Waals surface area contributed by atoms with Crippen molar-refractivity contribution in [3.05, 3.63) is 45.8 Å². The van der Waals surface area contributed by atoms with E-state index < -0.39 is 16.5 Å². The Morgan fingerprint density at radius 3 is 1.68 bits per heavy atom. The molecule has 0 saturated carbocycles. The van der Waals surface area contributed by atoms with Crippen LogP contribution in [0, 0.1) is 24.7 Å². The average molecular weight is 424 g/mol. The maximum absolute atomic E-state index is 12.9. The molecule has 0 spiro atoms. The van der Waals surface area contributed by atoms with Crippen molar-refractivity contribution in [3.63, 3.8) is 0 Å². The van der Waals surface area contributed by atoms with Gasteiger partial charge in [-0.2, -0.15) is 0 Å². The summed E-state index contributed by atoms with van der Waals surface area (Å²) in [6.07, 6.45) is 0. The Bertz CT molecular complexity index is 1270. The second-order valence-electron chi connectivity index (χ2n) is 9.85.